The minimum atomic E-state index is -0.769. The Hall–Kier alpha value is -2.65. The van der Waals surface area contributed by atoms with Gasteiger partial charge in [0.1, 0.15) is 0 Å². The van der Waals surface area contributed by atoms with Crippen LogP contribution in [0.3, 0.4) is 0 Å². The van der Waals surface area contributed by atoms with Crippen LogP contribution in [0.2, 0.25) is 0 Å². The second-order valence-corrected chi connectivity index (χ2v) is 3.30. The van der Waals surface area contributed by atoms with Gasteiger partial charge in [0.25, 0.3) is 0 Å². The van der Waals surface area contributed by atoms with Gasteiger partial charge in [-0.15, -0.1) is 0 Å². The Bertz CT molecular complexity index is 603. The number of nitrogens with zero attached hydrogens (tertiary/aromatic N) is 2. The van der Waals surface area contributed by atoms with Gasteiger partial charge in [0.15, 0.2) is 0 Å². The summed E-state index contributed by atoms with van der Waals surface area (Å²) in [6, 6.07) is 9.19. The van der Waals surface area contributed by atoms with Crippen molar-refractivity contribution < 1.29 is 14.3 Å². The van der Waals surface area contributed by atoms with E-state index in [4.69, 9.17) is 10.3 Å². The summed E-state index contributed by atoms with van der Waals surface area (Å²) in [6.07, 6.45) is 1.12. The third-order valence-corrected chi connectivity index (χ3v) is 2.22. The van der Waals surface area contributed by atoms with Gasteiger partial charge in [-0.25, -0.2) is 4.79 Å². The lowest BCUT2D eigenvalue weighted by atomic mass is 10.3. The van der Waals surface area contributed by atoms with Gasteiger partial charge in [0.2, 0.25) is 5.88 Å². The van der Waals surface area contributed by atoms with Crippen molar-refractivity contribution in [2.24, 2.45) is 0 Å². The number of hydrogen-bond donors (Lipinski definition) is 1. The van der Waals surface area contributed by atoms with Crippen LogP contribution >= 0.6 is 0 Å². The van der Waals surface area contributed by atoms with Crippen LogP contribution in [-0.2, 0) is 4.79 Å². The fourth-order valence-corrected chi connectivity index (χ4v) is 1.42. The quantitative estimate of drug-likeness (QED) is 0.376. The molecule has 0 saturated carbocycles. The van der Waals surface area contributed by atoms with Crippen LogP contribution in [0, 0.1) is 0 Å². The number of H-pyrrole nitrogens is 1. The van der Waals surface area contributed by atoms with E-state index in [1.807, 2.05) is 24.3 Å². The molecule has 1 N–H and O–H groups in total. The molecule has 0 aliphatic carbocycles. The molecule has 2 aromatic rings. The lowest BCUT2D eigenvalue weighted by Crippen LogP contribution is -2.19. The monoisotopic (exact) mass is 227 g/mol. The zero-order valence-electron chi connectivity index (χ0n) is 8.88. The fourth-order valence-electron chi connectivity index (χ4n) is 1.42. The van der Waals surface area contributed by atoms with Crippen LogP contribution in [0.25, 0.3) is 16.4 Å². The summed E-state index contributed by atoms with van der Waals surface area (Å²) in [4.78, 5) is 17.1. The first kappa shape index (κ1) is 10.9. The van der Waals surface area contributed by atoms with Gasteiger partial charge < -0.3 is 15.3 Å². The molecule has 0 aliphatic rings. The van der Waals surface area contributed by atoms with E-state index in [0.29, 0.717) is 5.88 Å². The lowest BCUT2D eigenvalue weighted by molar-refractivity contribution is -0.131. The van der Waals surface area contributed by atoms with Crippen molar-refractivity contribution in [2.75, 3.05) is 0 Å². The molecule has 1 aromatic heterocycles. The molecule has 0 radical (unpaired) electrons. The minimum Gasteiger partial charge on any atom is -0.401 e. The molecule has 5 nitrogen and oxygen atoms in total. The van der Waals surface area contributed by atoms with Crippen molar-refractivity contribution >= 4 is 22.6 Å². The van der Waals surface area contributed by atoms with E-state index in [1.165, 1.54) is 0 Å². The standard InChI is InChI=1S/C12H9N3O2/c1-2-9(15-13)12(16)17-11-7-8-5-3-4-6-10(8)14-11/h2-7,14H,1H2. The third-order valence-electron chi connectivity index (χ3n) is 2.22. The van der Waals surface area contributed by atoms with Crippen molar-refractivity contribution in [3.8, 4) is 5.88 Å². The maximum absolute atomic E-state index is 11.4. The van der Waals surface area contributed by atoms with Gasteiger partial charge >= 0.3 is 11.7 Å². The highest BCUT2D eigenvalue weighted by Gasteiger charge is 2.19. The molecule has 2 rings (SSSR count). The summed E-state index contributed by atoms with van der Waals surface area (Å²) >= 11 is 0. The van der Waals surface area contributed by atoms with Crippen molar-refractivity contribution in [1.82, 2.24) is 4.98 Å². The Labute approximate surface area is 96.9 Å². The molecule has 5 heteroatoms. The lowest BCUT2D eigenvalue weighted by Gasteiger charge is -1.94. The number of fused-ring (bicyclic) bond motifs is 1. The number of esters is 1. The average molecular weight is 227 g/mol. The van der Waals surface area contributed by atoms with Crippen LogP contribution in [0.4, 0.5) is 0 Å². The summed E-state index contributed by atoms with van der Waals surface area (Å²) in [6.45, 7) is 3.34. The first-order chi connectivity index (χ1) is 8.24. The molecule has 0 aliphatic heterocycles. The number of rotatable bonds is 3. The van der Waals surface area contributed by atoms with Crippen LogP contribution in [0.1, 0.15) is 0 Å². The average Bonchev–Trinajstić information content (AvgIpc) is 2.72. The molecule has 1 aromatic carbocycles. The van der Waals surface area contributed by atoms with Crippen LogP contribution in [0.5, 0.6) is 5.88 Å². The van der Waals surface area contributed by atoms with Gasteiger partial charge in [0, 0.05) is 23.0 Å². The number of aromatic nitrogens is 1. The Morgan fingerprint density at radius 1 is 1.47 bits per heavy atom. The zero-order valence-corrected chi connectivity index (χ0v) is 8.88. The van der Waals surface area contributed by atoms with E-state index in [1.54, 1.807) is 6.07 Å². The highest BCUT2D eigenvalue weighted by atomic mass is 16.5. The number of aromatic amines is 1. The molecule has 0 saturated heterocycles. The fraction of sp³-hybridized carbons (Fsp3) is 0. The van der Waals surface area contributed by atoms with E-state index < -0.39 is 5.97 Å². The predicted molar refractivity (Wildman–Crippen MR) is 62.8 cm³/mol. The van der Waals surface area contributed by atoms with Gasteiger partial charge in [-0.2, -0.15) is 4.79 Å². The second kappa shape index (κ2) is 4.47. The normalized spacial score (nSPS) is 9.65. The molecule has 0 bridgehead atoms. The number of carbonyl (C=O) groups excluding carboxylic acids is 1. The molecule has 0 amide bonds. The Balaban J connectivity index is 2.27. The maximum atomic E-state index is 11.4. The number of ether oxygens (including phenoxy) is 1. The molecular formula is C12H9N3O2. The highest BCUT2D eigenvalue weighted by Crippen LogP contribution is 2.19. The Morgan fingerprint density at radius 2 is 2.24 bits per heavy atom. The molecule has 17 heavy (non-hydrogen) atoms. The summed E-state index contributed by atoms with van der Waals surface area (Å²) in [7, 11) is 0. The molecular weight excluding hydrogens is 218 g/mol. The van der Waals surface area contributed by atoms with E-state index >= 15 is 0 Å². The number of para-hydroxylation sites is 1. The number of benzene rings is 1. The molecule has 0 atom stereocenters. The number of nitrogens with one attached hydrogen (secondary N) is 1. The van der Waals surface area contributed by atoms with E-state index in [0.717, 1.165) is 17.0 Å². The first-order valence-electron chi connectivity index (χ1n) is 4.89. The Kier molecular flexibility index (Phi) is 2.85. The van der Waals surface area contributed by atoms with Crippen LogP contribution < -0.4 is 4.74 Å². The molecule has 84 valence electrons. The van der Waals surface area contributed by atoms with Crippen molar-refractivity contribution in [3.05, 3.63) is 48.5 Å². The summed E-state index contributed by atoms with van der Waals surface area (Å²) in [5, 5.41) is 0.927. The Morgan fingerprint density at radius 3 is 2.88 bits per heavy atom. The van der Waals surface area contributed by atoms with E-state index in [-0.39, 0.29) is 5.71 Å². The summed E-state index contributed by atoms with van der Waals surface area (Å²) < 4.78 is 4.99. The second-order valence-electron chi connectivity index (χ2n) is 3.30. The topological polar surface area (TPSA) is 78.5 Å². The van der Waals surface area contributed by atoms with Crippen LogP contribution in [0.15, 0.2) is 43.0 Å². The summed E-state index contributed by atoms with van der Waals surface area (Å²) in [5.41, 5.74) is 9.13. The number of carbonyl (C=O) groups is 1. The van der Waals surface area contributed by atoms with Gasteiger partial charge in [-0.3, -0.25) is 0 Å². The zero-order chi connectivity index (χ0) is 12.3. The van der Waals surface area contributed by atoms with Gasteiger partial charge in [0.05, 0.1) is 0 Å². The van der Waals surface area contributed by atoms with Crippen molar-refractivity contribution in [1.29, 1.82) is 0 Å². The number of hydrogen-bond acceptors (Lipinski definition) is 2. The third kappa shape index (κ3) is 2.14. The van der Waals surface area contributed by atoms with E-state index in [2.05, 4.69) is 16.4 Å². The van der Waals surface area contributed by atoms with E-state index in [9.17, 15) is 4.79 Å². The van der Waals surface area contributed by atoms with Gasteiger partial charge in [-0.1, -0.05) is 24.8 Å². The predicted octanol–water partition coefficient (Wildman–Crippen LogP) is 1.93. The molecule has 0 fully saturated rings. The molecule has 0 spiro atoms. The molecule has 0 unspecified atom stereocenters. The maximum Gasteiger partial charge on any atom is 0.428 e. The smallest absolute Gasteiger partial charge is 0.401 e. The summed E-state index contributed by atoms with van der Waals surface area (Å²) in [5.74, 6) is -0.478. The first-order valence-corrected chi connectivity index (χ1v) is 4.89. The van der Waals surface area contributed by atoms with Gasteiger partial charge in [-0.05, 0) is 6.07 Å². The minimum absolute atomic E-state index is 0.247. The largest absolute Gasteiger partial charge is 0.428 e. The molecule has 1 heterocycles. The van der Waals surface area contributed by atoms with Crippen molar-refractivity contribution in [2.45, 2.75) is 0 Å². The van der Waals surface area contributed by atoms with Crippen molar-refractivity contribution in [3.63, 3.8) is 0 Å². The highest BCUT2D eigenvalue weighted by molar-refractivity contribution is 6.38. The SMILES string of the molecule is C=CC(=[N+]=[N-])C(=O)Oc1cc2ccccc2[nH]1. The van der Waals surface area contributed by atoms with Crippen LogP contribution in [-0.4, -0.2) is 21.5 Å².